The smallest absolute Gasteiger partial charge is 0.263 e. The van der Waals surface area contributed by atoms with Gasteiger partial charge in [-0.15, -0.1) is 22.7 Å². The van der Waals surface area contributed by atoms with Crippen LogP contribution in [0.1, 0.15) is 18.3 Å². The molecule has 126 valence electrons. The Labute approximate surface area is 152 Å². The van der Waals surface area contributed by atoms with Crippen LogP contribution >= 0.6 is 22.7 Å². The second-order valence-electron chi connectivity index (χ2n) is 5.71. The van der Waals surface area contributed by atoms with Crippen LogP contribution in [0.3, 0.4) is 0 Å². The molecule has 0 aliphatic rings. The second kappa shape index (κ2) is 6.54. The summed E-state index contributed by atoms with van der Waals surface area (Å²) >= 11 is 3.10. The van der Waals surface area contributed by atoms with E-state index in [4.69, 9.17) is 4.98 Å². The lowest BCUT2D eigenvalue weighted by Crippen LogP contribution is -2.25. The van der Waals surface area contributed by atoms with Gasteiger partial charge >= 0.3 is 0 Å². The van der Waals surface area contributed by atoms with E-state index < -0.39 is 0 Å². The quantitative estimate of drug-likeness (QED) is 0.510. The van der Waals surface area contributed by atoms with E-state index in [-0.39, 0.29) is 11.4 Å². The summed E-state index contributed by atoms with van der Waals surface area (Å²) in [6.45, 7) is 2.30. The summed E-state index contributed by atoms with van der Waals surface area (Å²) in [6.07, 6.45) is 0.646. The molecule has 0 unspecified atom stereocenters. The number of halogens is 1. The predicted molar refractivity (Wildman–Crippen MR) is 102 cm³/mol. The Hall–Kier alpha value is -2.31. The van der Waals surface area contributed by atoms with E-state index in [9.17, 15) is 9.18 Å². The number of hydrogen-bond donors (Lipinski definition) is 0. The molecule has 0 saturated heterocycles. The van der Waals surface area contributed by atoms with Gasteiger partial charge in [-0.05, 0) is 29.1 Å². The van der Waals surface area contributed by atoms with Gasteiger partial charge in [-0.25, -0.2) is 9.37 Å². The molecule has 3 heterocycles. The summed E-state index contributed by atoms with van der Waals surface area (Å²) < 4.78 is 15.2. The monoisotopic (exact) mass is 370 g/mol. The van der Waals surface area contributed by atoms with Crippen LogP contribution in [0.15, 0.2) is 52.0 Å². The third-order valence-corrected chi connectivity index (χ3v) is 5.88. The Bertz CT molecular complexity index is 1100. The minimum absolute atomic E-state index is 0.0595. The molecule has 0 aliphatic carbocycles. The Balaban J connectivity index is 1.92. The Morgan fingerprint density at radius 3 is 2.80 bits per heavy atom. The highest BCUT2D eigenvalue weighted by molar-refractivity contribution is 7.18. The van der Waals surface area contributed by atoms with Gasteiger partial charge in [0, 0.05) is 22.2 Å². The van der Waals surface area contributed by atoms with Crippen LogP contribution in [0.5, 0.6) is 0 Å². The molecule has 6 heteroatoms. The minimum atomic E-state index is -0.299. The molecule has 0 fully saturated rings. The lowest BCUT2D eigenvalue weighted by molar-refractivity contribution is 0.620. The second-order valence-corrected chi connectivity index (χ2v) is 7.52. The van der Waals surface area contributed by atoms with Gasteiger partial charge in [-0.1, -0.05) is 25.1 Å². The number of thiophene rings is 2. The number of fused-ring (bicyclic) bond motifs is 1. The van der Waals surface area contributed by atoms with E-state index >= 15 is 0 Å². The van der Waals surface area contributed by atoms with Crippen molar-refractivity contribution in [1.29, 1.82) is 0 Å². The first kappa shape index (κ1) is 16.2. The van der Waals surface area contributed by atoms with Crippen molar-refractivity contribution >= 4 is 32.9 Å². The van der Waals surface area contributed by atoms with Crippen LogP contribution in [0.4, 0.5) is 4.39 Å². The maximum absolute atomic E-state index is 13.5. The van der Waals surface area contributed by atoms with Gasteiger partial charge in [-0.2, -0.15) is 0 Å². The van der Waals surface area contributed by atoms with Gasteiger partial charge in [0.25, 0.3) is 5.56 Å². The predicted octanol–water partition coefficient (Wildman–Crippen LogP) is 4.94. The van der Waals surface area contributed by atoms with E-state index in [1.54, 1.807) is 22.0 Å². The van der Waals surface area contributed by atoms with Crippen molar-refractivity contribution in [3.8, 4) is 10.4 Å². The summed E-state index contributed by atoms with van der Waals surface area (Å²) in [4.78, 5) is 19.7. The Morgan fingerprint density at radius 2 is 2.08 bits per heavy atom. The van der Waals surface area contributed by atoms with E-state index in [1.807, 2.05) is 35.9 Å². The summed E-state index contributed by atoms with van der Waals surface area (Å²) in [7, 11) is 0. The van der Waals surface area contributed by atoms with E-state index in [0.29, 0.717) is 18.4 Å². The summed E-state index contributed by atoms with van der Waals surface area (Å²) in [5, 5.41) is 4.65. The van der Waals surface area contributed by atoms with E-state index in [0.717, 1.165) is 26.7 Å². The van der Waals surface area contributed by atoms with Crippen molar-refractivity contribution in [2.45, 2.75) is 19.9 Å². The van der Waals surface area contributed by atoms with Crippen LogP contribution in [0.2, 0.25) is 0 Å². The van der Waals surface area contributed by atoms with Crippen LogP contribution in [-0.4, -0.2) is 9.55 Å². The van der Waals surface area contributed by atoms with Gasteiger partial charge in [0.05, 0.1) is 11.9 Å². The van der Waals surface area contributed by atoms with Crippen molar-refractivity contribution in [2.75, 3.05) is 0 Å². The van der Waals surface area contributed by atoms with Crippen LogP contribution in [0.25, 0.3) is 20.7 Å². The summed E-state index contributed by atoms with van der Waals surface area (Å²) in [5.41, 5.74) is 1.63. The summed E-state index contributed by atoms with van der Waals surface area (Å²) in [5.74, 6) is 0.425. The number of aryl methyl sites for hydroxylation is 1. The molecule has 0 N–H and O–H groups in total. The molecule has 0 spiro atoms. The van der Waals surface area contributed by atoms with Crippen molar-refractivity contribution in [1.82, 2.24) is 9.55 Å². The molecule has 0 aliphatic heterocycles. The largest absolute Gasteiger partial charge is 0.292 e. The first-order valence-corrected chi connectivity index (χ1v) is 9.72. The SMILES string of the molecule is CCc1nc2scc(-c3cccs3)c2c(=O)n1Cc1cccc(F)c1. The first-order chi connectivity index (χ1) is 12.2. The fourth-order valence-corrected chi connectivity index (χ4v) is 4.70. The third kappa shape index (κ3) is 2.92. The molecule has 0 atom stereocenters. The molecule has 0 radical (unpaired) electrons. The zero-order chi connectivity index (χ0) is 17.4. The fourth-order valence-electron chi connectivity index (χ4n) is 2.93. The molecule has 4 aromatic rings. The highest BCUT2D eigenvalue weighted by Crippen LogP contribution is 2.33. The normalized spacial score (nSPS) is 11.3. The van der Waals surface area contributed by atoms with E-state index in [1.165, 1.54) is 23.5 Å². The number of rotatable bonds is 4. The third-order valence-electron chi connectivity index (χ3n) is 4.11. The van der Waals surface area contributed by atoms with Crippen LogP contribution < -0.4 is 5.56 Å². The molecule has 25 heavy (non-hydrogen) atoms. The number of aromatic nitrogens is 2. The lowest BCUT2D eigenvalue weighted by Gasteiger charge is -2.12. The van der Waals surface area contributed by atoms with E-state index in [2.05, 4.69) is 0 Å². The summed E-state index contributed by atoms with van der Waals surface area (Å²) in [6, 6.07) is 10.3. The minimum Gasteiger partial charge on any atom is -0.292 e. The van der Waals surface area contributed by atoms with Gasteiger partial charge < -0.3 is 0 Å². The molecular formula is C19H15FN2OS2. The van der Waals surface area contributed by atoms with Crippen molar-refractivity contribution in [3.63, 3.8) is 0 Å². The zero-order valence-corrected chi connectivity index (χ0v) is 15.2. The average Bonchev–Trinajstić information content (AvgIpc) is 3.26. The van der Waals surface area contributed by atoms with Crippen LogP contribution in [-0.2, 0) is 13.0 Å². The lowest BCUT2D eigenvalue weighted by atomic mass is 10.2. The molecular weight excluding hydrogens is 355 g/mol. The Morgan fingerprint density at radius 1 is 1.20 bits per heavy atom. The van der Waals surface area contributed by atoms with Gasteiger partial charge in [0.15, 0.2) is 0 Å². The maximum Gasteiger partial charge on any atom is 0.263 e. The standard InChI is InChI=1S/C19H15FN2OS2/c1-2-16-21-18-17(14(11-25-18)15-7-4-8-24-15)19(23)22(16)10-12-5-3-6-13(20)9-12/h3-9,11H,2,10H2,1H3. The van der Waals surface area contributed by atoms with Gasteiger partial charge in [-0.3, -0.25) is 9.36 Å². The maximum atomic E-state index is 13.5. The van der Waals surface area contributed by atoms with Gasteiger partial charge in [0.2, 0.25) is 0 Å². The van der Waals surface area contributed by atoms with Crippen molar-refractivity contribution in [3.05, 3.63) is 74.7 Å². The molecule has 0 bridgehead atoms. The molecule has 0 amide bonds. The highest BCUT2D eigenvalue weighted by atomic mass is 32.1. The zero-order valence-electron chi connectivity index (χ0n) is 13.5. The fraction of sp³-hybridized carbons (Fsp3) is 0.158. The van der Waals surface area contributed by atoms with Gasteiger partial charge in [0.1, 0.15) is 16.5 Å². The number of nitrogens with zero attached hydrogens (tertiary/aromatic N) is 2. The topological polar surface area (TPSA) is 34.9 Å². The number of hydrogen-bond acceptors (Lipinski definition) is 4. The number of benzene rings is 1. The molecule has 0 saturated carbocycles. The van der Waals surface area contributed by atoms with Crippen molar-refractivity contribution in [2.24, 2.45) is 0 Å². The highest BCUT2D eigenvalue weighted by Gasteiger charge is 2.17. The Kier molecular flexibility index (Phi) is 4.23. The molecule has 3 nitrogen and oxygen atoms in total. The van der Waals surface area contributed by atoms with Crippen LogP contribution in [0, 0.1) is 5.82 Å². The molecule has 3 aromatic heterocycles. The average molecular weight is 370 g/mol. The van der Waals surface area contributed by atoms with Crippen molar-refractivity contribution < 1.29 is 4.39 Å². The molecule has 4 rings (SSSR count). The first-order valence-electron chi connectivity index (χ1n) is 7.96. The molecule has 1 aromatic carbocycles.